The van der Waals surface area contributed by atoms with Crippen LogP contribution in [0.5, 0.6) is 0 Å². The molecular formula is C15H22N2O4. The van der Waals surface area contributed by atoms with Crippen molar-refractivity contribution in [3.63, 3.8) is 0 Å². The number of aryl methyl sites for hydroxylation is 1. The minimum atomic E-state index is -0.835. The third kappa shape index (κ3) is 4.88. The smallest absolute Gasteiger partial charge is 0.306 e. The summed E-state index contributed by atoms with van der Waals surface area (Å²) in [5.74, 6) is 0.844. The maximum absolute atomic E-state index is 11.8. The molecule has 1 aromatic heterocycles. The van der Waals surface area contributed by atoms with Gasteiger partial charge in [-0.25, -0.2) is 0 Å². The van der Waals surface area contributed by atoms with Gasteiger partial charge in [0.1, 0.15) is 5.76 Å². The van der Waals surface area contributed by atoms with Crippen LogP contribution in [0.4, 0.5) is 5.82 Å². The topological polar surface area (TPSA) is 81.4 Å². The number of nitrogens with zero attached hydrogens (tertiary/aromatic N) is 1. The predicted octanol–water partition coefficient (Wildman–Crippen LogP) is 2.82. The van der Waals surface area contributed by atoms with E-state index in [1.54, 1.807) is 19.9 Å². The summed E-state index contributed by atoms with van der Waals surface area (Å²) in [6, 6.07) is 1.60. The van der Waals surface area contributed by atoms with E-state index in [4.69, 9.17) is 9.26 Å². The summed E-state index contributed by atoms with van der Waals surface area (Å²) >= 11 is 0. The van der Waals surface area contributed by atoms with Crippen LogP contribution in [-0.4, -0.2) is 23.1 Å². The van der Waals surface area contributed by atoms with E-state index in [0.717, 1.165) is 6.42 Å². The van der Waals surface area contributed by atoms with Gasteiger partial charge in [-0.05, 0) is 26.2 Å². The Morgan fingerprint density at radius 2 is 2.19 bits per heavy atom. The van der Waals surface area contributed by atoms with Gasteiger partial charge in [0, 0.05) is 12.5 Å². The van der Waals surface area contributed by atoms with Crippen molar-refractivity contribution < 1.29 is 18.8 Å². The first-order valence-corrected chi connectivity index (χ1v) is 7.48. The van der Waals surface area contributed by atoms with E-state index >= 15 is 0 Å². The Morgan fingerprint density at radius 3 is 2.81 bits per heavy atom. The Kier molecular flexibility index (Phi) is 5.36. The Bertz CT molecular complexity index is 492. The maximum atomic E-state index is 11.8. The van der Waals surface area contributed by atoms with Gasteiger partial charge in [-0.1, -0.05) is 30.8 Å². The molecule has 1 unspecified atom stereocenters. The molecular weight excluding hydrogens is 272 g/mol. The van der Waals surface area contributed by atoms with Crippen molar-refractivity contribution in [3.8, 4) is 0 Å². The monoisotopic (exact) mass is 294 g/mol. The third-order valence-electron chi connectivity index (χ3n) is 3.79. The Morgan fingerprint density at radius 1 is 1.48 bits per heavy atom. The molecule has 1 saturated carbocycles. The second-order valence-corrected chi connectivity index (χ2v) is 5.63. The van der Waals surface area contributed by atoms with Crippen LogP contribution in [0.15, 0.2) is 10.6 Å². The molecule has 0 aromatic carbocycles. The molecule has 1 fully saturated rings. The SMILES string of the molecule is Cc1cc(NC(=O)C(C)OC(=O)CCC2CCCC2)no1. The molecule has 0 radical (unpaired) electrons. The summed E-state index contributed by atoms with van der Waals surface area (Å²) in [4.78, 5) is 23.6. The van der Waals surface area contributed by atoms with Crippen LogP contribution >= 0.6 is 0 Å². The Hall–Kier alpha value is -1.85. The Balaban J connectivity index is 1.70. The molecule has 1 atom stereocenters. The van der Waals surface area contributed by atoms with Crippen LogP contribution in [0.1, 0.15) is 51.2 Å². The minimum Gasteiger partial charge on any atom is -0.453 e. The molecule has 6 nitrogen and oxygen atoms in total. The molecule has 1 heterocycles. The fraction of sp³-hybridized carbons (Fsp3) is 0.667. The van der Waals surface area contributed by atoms with Gasteiger partial charge < -0.3 is 14.6 Å². The molecule has 1 aliphatic rings. The number of rotatable bonds is 6. The zero-order valence-electron chi connectivity index (χ0n) is 12.6. The standard InChI is InChI=1S/C15H22N2O4/c1-10-9-13(17-21-10)16-15(19)11(2)20-14(18)8-7-12-5-3-4-6-12/h9,11-12H,3-8H2,1-2H3,(H,16,17,19). The van der Waals surface area contributed by atoms with Crippen molar-refractivity contribution in [1.82, 2.24) is 5.16 Å². The molecule has 0 spiro atoms. The van der Waals surface area contributed by atoms with Crippen LogP contribution in [0.3, 0.4) is 0 Å². The van der Waals surface area contributed by atoms with Gasteiger partial charge >= 0.3 is 5.97 Å². The highest BCUT2D eigenvalue weighted by atomic mass is 16.5. The summed E-state index contributed by atoms with van der Waals surface area (Å²) in [6.45, 7) is 3.28. The van der Waals surface area contributed by atoms with E-state index in [9.17, 15) is 9.59 Å². The predicted molar refractivity (Wildman–Crippen MR) is 76.6 cm³/mol. The summed E-state index contributed by atoms with van der Waals surface area (Å²) in [7, 11) is 0. The fourth-order valence-electron chi connectivity index (χ4n) is 2.58. The molecule has 1 aliphatic carbocycles. The van der Waals surface area contributed by atoms with Crippen molar-refractivity contribution >= 4 is 17.7 Å². The highest BCUT2D eigenvalue weighted by Gasteiger charge is 2.21. The fourth-order valence-corrected chi connectivity index (χ4v) is 2.58. The highest BCUT2D eigenvalue weighted by Crippen LogP contribution is 2.28. The number of ether oxygens (including phenoxy) is 1. The number of amides is 1. The van der Waals surface area contributed by atoms with Gasteiger partial charge in [0.2, 0.25) is 0 Å². The first-order valence-electron chi connectivity index (χ1n) is 7.48. The molecule has 0 saturated heterocycles. The number of aromatic nitrogens is 1. The van der Waals surface area contributed by atoms with Crippen LogP contribution < -0.4 is 5.32 Å². The second-order valence-electron chi connectivity index (χ2n) is 5.63. The maximum Gasteiger partial charge on any atom is 0.306 e. The first-order chi connectivity index (χ1) is 10.0. The molecule has 1 N–H and O–H groups in total. The molecule has 2 rings (SSSR count). The lowest BCUT2D eigenvalue weighted by Crippen LogP contribution is -2.30. The van der Waals surface area contributed by atoms with Gasteiger partial charge in [0.15, 0.2) is 11.9 Å². The number of hydrogen-bond acceptors (Lipinski definition) is 5. The van der Waals surface area contributed by atoms with Crippen molar-refractivity contribution in [2.75, 3.05) is 5.32 Å². The summed E-state index contributed by atoms with van der Waals surface area (Å²) in [5.41, 5.74) is 0. The summed E-state index contributed by atoms with van der Waals surface area (Å²) in [6.07, 6.45) is 5.33. The molecule has 21 heavy (non-hydrogen) atoms. The van der Waals surface area contributed by atoms with E-state index in [1.165, 1.54) is 25.7 Å². The Labute approximate surface area is 124 Å². The average molecular weight is 294 g/mol. The lowest BCUT2D eigenvalue weighted by molar-refractivity contribution is -0.153. The number of esters is 1. The van der Waals surface area contributed by atoms with Crippen LogP contribution in [0.25, 0.3) is 0 Å². The van der Waals surface area contributed by atoms with Crippen LogP contribution in [0, 0.1) is 12.8 Å². The first kappa shape index (κ1) is 15.5. The molecule has 1 amide bonds. The van der Waals surface area contributed by atoms with Gasteiger partial charge in [-0.15, -0.1) is 0 Å². The minimum absolute atomic E-state index is 0.319. The summed E-state index contributed by atoms with van der Waals surface area (Å²) < 4.78 is 9.99. The lowest BCUT2D eigenvalue weighted by Gasteiger charge is -2.13. The zero-order valence-corrected chi connectivity index (χ0v) is 12.6. The lowest BCUT2D eigenvalue weighted by atomic mass is 10.0. The summed E-state index contributed by atoms with van der Waals surface area (Å²) in [5, 5.41) is 6.20. The normalized spacial score (nSPS) is 16.7. The van der Waals surface area contributed by atoms with Crippen LogP contribution in [-0.2, 0) is 14.3 Å². The van der Waals surface area contributed by atoms with E-state index in [0.29, 0.717) is 23.9 Å². The zero-order chi connectivity index (χ0) is 15.2. The van der Waals surface area contributed by atoms with E-state index in [-0.39, 0.29) is 5.97 Å². The number of hydrogen-bond donors (Lipinski definition) is 1. The van der Waals surface area contributed by atoms with E-state index < -0.39 is 12.0 Å². The molecule has 1 aromatic rings. The number of carbonyl (C=O) groups is 2. The number of carbonyl (C=O) groups excluding carboxylic acids is 2. The van der Waals surface area contributed by atoms with Gasteiger partial charge in [-0.2, -0.15) is 0 Å². The van der Waals surface area contributed by atoms with Crippen molar-refractivity contribution in [2.24, 2.45) is 5.92 Å². The van der Waals surface area contributed by atoms with E-state index in [1.807, 2.05) is 0 Å². The largest absolute Gasteiger partial charge is 0.453 e. The quantitative estimate of drug-likeness (QED) is 0.816. The van der Waals surface area contributed by atoms with Crippen molar-refractivity contribution in [2.45, 2.75) is 58.5 Å². The second kappa shape index (κ2) is 7.24. The van der Waals surface area contributed by atoms with Gasteiger partial charge in [-0.3, -0.25) is 9.59 Å². The number of anilines is 1. The van der Waals surface area contributed by atoms with E-state index in [2.05, 4.69) is 10.5 Å². The molecule has 0 bridgehead atoms. The van der Waals surface area contributed by atoms with Crippen LogP contribution in [0.2, 0.25) is 0 Å². The van der Waals surface area contributed by atoms with Gasteiger partial charge in [0.05, 0.1) is 0 Å². The molecule has 0 aliphatic heterocycles. The third-order valence-corrected chi connectivity index (χ3v) is 3.79. The van der Waals surface area contributed by atoms with Gasteiger partial charge in [0.25, 0.3) is 5.91 Å². The van der Waals surface area contributed by atoms with Crippen molar-refractivity contribution in [1.29, 1.82) is 0 Å². The molecule has 6 heteroatoms. The average Bonchev–Trinajstić information content (AvgIpc) is 3.08. The highest BCUT2D eigenvalue weighted by molar-refractivity contribution is 5.94. The molecule has 116 valence electrons. The van der Waals surface area contributed by atoms with Crippen molar-refractivity contribution in [3.05, 3.63) is 11.8 Å². The number of nitrogens with one attached hydrogen (secondary N) is 1.